The fourth-order valence-electron chi connectivity index (χ4n) is 1.43. The van der Waals surface area contributed by atoms with Crippen molar-refractivity contribution in [3.63, 3.8) is 0 Å². The van der Waals surface area contributed by atoms with E-state index in [9.17, 15) is 0 Å². The fourth-order valence-corrected chi connectivity index (χ4v) is 1.43. The zero-order chi connectivity index (χ0) is 11.8. The van der Waals surface area contributed by atoms with Crippen LogP contribution in [0.1, 0.15) is 12.6 Å². The molecule has 4 heteroatoms. The van der Waals surface area contributed by atoms with Gasteiger partial charge < -0.3 is 10.1 Å². The number of hydrogen-bond donors (Lipinski definition) is 1. The van der Waals surface area contributed by atoms with Crippen molar-refractivity contribution < 1.29 is 4.74 Å². The Morgan fingerprint density at radius 3 is 2.94 bits per heavy atom. The molecule has 1 N–H and O–H groups in total. The number of nitrogens with one attached hydrogen (secondary N) is 1. The van der Waals surface area contributed by atoms with Gasteiger partial charge in [0.2, 0.25) is 0 Å². The van der Waals surface area contributed by atoms with Crippen LogP contribution in [0.3, 0.4) is 0 Å². The first-order valence-electron chi connectivity index (χ1n) is 5.66. The lowest BCUT2D eigenvalue weighted by Crippen LogP contribution is -2.23. The maximum Gasteiger partial charge on any atom is 0.126 e. The third-order valence-corrected chi connectivity index (χ3v) is 2.32. The van der Waals surface area contributed by atoms with Crippen molar-refractivity contribution in [3.8, 4) is 0 Å². The maximum atomic E-state index is 5.31. The largest absolute Gasteiger partial charge is 0.380 e. The van der Waals surface area contributed by atoms with Crippen molar-refractivity contribution in [2.75, 3.05) is 39.2 Å². The number of nitrogens with zero attached hydrogens (tertiary/aromatic N) is 2. The Morgan fingerprint density at radius 2 is 2.25 bits per heavy atom. The molecular formula is C12H21N3O. The minimum absolute atomic E-state index is 0.777. The highest BCUT2D eigenvalue weighted by Gasteiger charge is 2.01. The standard InChI is InChI=1S/C12H21N3O/c1-4-16-9-8-15(3)10-11-6-5-7-12(13-2)14-11/h5-7H,4,8-10H2,1-3H3,(H,13,14). The fraction of sp³-hybridized carbons (Fsp3) is 0.583. The number of ether oxygens (including phenoxy) is 1. The SMILES string of the molecule is CCOCCN(C)Cc1cccc(NC)n1. The molecule has 90 valence electrons. The number of aromatic nitrogens is 1. The van der Waals surface area contributed by atoms with Crippen molar-refractivity contribution >= 4 is 5.82 Å². The molecule has 1 heterocycles. The summed E-state index contributed by atoms with van der Waals surface area (Å²) in [6, 6.07) is 6.02. The maximum absolute atomic E-state index is 5.31. The van der Waals surface area contributed by atoms with Gasteiger partial charge in [-0.1, -0.05) is 6.07 Å². The summed E-state index contributed by atoms with van der Waals surface area (Å²) >= 11 is 0. The lowest BCUT2D eigenvalue weighted by Gasteiger charge is -2.16. The molecule has 0 atom stereocenters. The van der Waals surface area contributed by atoms with Crippen LogP contribution in [0.15, 0.2) is 18.2 Å². The number of likely N-dealkylation sites (N-methyl/N-ethyl adjacent to an activating group) is 1. The molecule has 0 bridgehead atoms. The van der Waals surface area contributed by atoms with Crippen LogP contribution in [0.5, 0.6) is 0 Å². The number of pyridine rings is 1. The van der Waals surface area contributed by atoms with Crippen LogP contribution in [-0.2, 0) is 11.3 Å². The van der Waals surface area contributed by atoms with Crippen LogP contribution in [-0.4, -0.2) is 43.7 Å². The van der Waals surface area contributed by atoms with Gasteiger partial charge in [-0.2, -0.15) is 0 Å². The van der Waals surface area contributed by atoms with E-state index in [4.69, 9.17) is 4.74 Å². The van der Waals surface area contributed by atoms with E-state index >= 15 is 0 Å². The van der Waals surface area contributed by atoms with Gasteiger partial charge in [0.1, 0.15) is 5.82 Å². The minimum atomic E-state index is 0.777. The zero-order valence-electron chi connectivity index (χ0n) is 10.4. The average Bonchev–Trinajstić information content (AvgIpc) is 2.29. The van der Waals surface area contributed by atoms with Crippen molar-refractivity contribution in [2.45, 2.75) is 13.5 Å². The van der Waals surface area contributed by atoms with Crippen molar-refractivity contribution in [2.24, 2.45) is 0 Å². The first-order valence-corrected chi connectivity index (χ1v) is 5.66. The van der Waals surface area contributed by atoms with Gasteiger partial charge in [0.25, 0.3) is 0 Å². The quantitative estimate of drug-likeness (QED) is 0.712. The molecule has 0 fully saturated rings. The molecule has 0 aliphatic rings. The monoisotopic (exact) mass is 223 g/mol. The summed E-state index contributed by atoms with van der Waals surface area (Å²) in [6.07, 6.45) is 0. The molecule has 0 radical (unpaired) electrons. The van der Waals surface area contributed by atoms with Gasteiger partial charge in [-0.05, 0) is 26.1 Å². The summed E-state index contributed by atoms with van der Waals surface area (Å²) in [5.41, 5.74) is 1.07. The normalized spacial score (nSPS) is 10.8. The smallest absolute Gasteiger partial charge is 0.126 e. The average molecular weight is 223 g/mol. The Kier molecular flexibility index (Phi) is 5.82. The molecule has 0 saturated carbocycles. The van der Waals surface area contributed by atoms with E-state index < -0.39 is 0 Å². The molecule has 0 unspecified atom stereocenters. The summed E-state index contributed by atoms with van der Waals surface area (Å²) in [4.78, 5) is 6.67. The predicted molar refractivity (Wildman–Crippen MR) is 66.6 cm³/mol. The highest BCUT2D eigenvalue weighted by molar-refractivity contribution is 5.34. The minimum Gasteiger partial charge on any atom is -0.380 e. The van der Waals surface area contributed by atoms with E-state index in [1.54, 1.807) is 0 Å². The van der Waals surface area contributed by atoms with E-state index in [2.05, 4.69) is 22.2 Å². The van der Waals surface area contributed by atoms with Crippen LogP contribution >= 0.6 is 0 Å². The molecule has 0 amide bonds. The van der Waals surface area contributed by atoms with Gasteiger partial charge in [-0.15, -0.1) is 0 Å². The molecule has 0 spiro atoms. The summed E-state index contributed by atoms with van der Waals surface area (Å²) in [5, 5.41) is 3.04. The summed E-state index contributed by atoms with van der Waals surface area (Å²) in [5.74, 6) is 0.913. The molecule has 0 aliphatic heterocycles. The summed E-state index contributed by atoms with van der Waals surface area (Å²) in [6.45, 7) is 5.35. The highest BCUT2D eigenvalue weighted by Crippen LogP contribution is 2.05. The topological polar surface area (TPSA) is 37.4 Å². The van der Waals surface area contributed by atoms with Crippen LogP contribution in [0.2, 0.25) is 0 Å². The van der Waals surface area contributed by atoms with Gasteiger partial charge >= 0.3 is 0 Å². The van der Waals surface area contributed by atoms with E-state index in [0.717, 1.165) is 37.8 Å². The van der Waals surface area contributed by atoms with Crippen molar-refractivity contribution in [1.82, 2.24) is 9.88 Å². The van der Waals surface area contributed by atoms with Crippen molar-refractivity contribution in [1.29, 1.82) is 0 Å². The molecule has 16 heavy (non-hydrogen) atoms. The Hall–Kier alpha value is -1.13. The second kappa shape index (κ2) is 7.19. The first kappa shape index (κ1) is 12.9. The molecule has 1 aromatic heterocycles. The van der Waals surface area contributed by atoms with Gasteiger partial charge in [-0.25, -0.2) is 4.98 Å². The number of hydrogen-bond acceptors (Lipinski definition) is 4. The van der Waals surface area contributed by atoms with E-state index in [-0.39, 0.29) is 0 Å². The van der Waals surface area contributed by atoms with E-state index in [1.807, 2.05) is 32.2 Å². The van der Waals surface area contributed by atoms with Gasteiger partial charge in [0.15, 0.2) is 0 Å². The van der Waals surface area contributed by atoms with Crippen LogP contribution in [0.4, 0.5) is 5.82 Å². The van der Waals surface area contributed by atoms with Crippen LogP contribution in [0.25, 0.3) is 0 Å². The summed E-state index contributed by atoms with van der Waals surface area (Å²) in [7, 11) is 3.96. The van der Waals surface area contributed by atoms with Crippen LogP contribution < -0.4 is 5.32 Å². The van der Waals surface area contributed by atoms with Crippen LogP contribution in [0, 0.1) is 0 Å². The third-order valence-electron chi connectivity index (χ3n) is 2.32. The second-order valence-electron chi connectivity index (χ2n) is 3.70. The van der Waals surface area contributed by atoms with Crippen molar-refractivity contribution in [3.05, 3.63) is 23.9 Å². The second-order valence-corrected chi connectivity index (χ2v) is 3.70. The molecule has 4 nitrogen and oxygen atoms in total. The number of rotatable bonds is 7. The zero-order valence-corrected chi connectivity index (χ0v) is 10.4. The van der Waals surface area contributed by atoms with Gasteiger partial charge in [-0.3, -0.25) is 4.90 Å². The Labute approximate surface area is 97.6 Å². The lowest BCUT2D eigenvalue weighted by molar-refractivity contribution is 0.120. The molecule has 1 aromatic rings. The third kappa shape index (κ3) is 4.59. The lowest BCUT2D eigenvalue weighted by atomic mass is 10.3. The number of anilines is 1. The molecular weight excluding hydrogens is 202 g/mol. The van der Waals surface area contributed by atoms with Gasteiger partial charge in [0.05, 0.1) is 12.3 Å². The molecule has 1 rings (SSSR count). The Morgan fingerprint density at radius 1 is 1.44 bits per heavy atom. The predicted octanol–water partition coefficient (Wildman–Crippen LogP) is 1.59. The Balaban J connectivity index is 2.39. The first-order chi connectivity index (χ1) is 7.76. The van der Waals surface area contributed by atoms with E-state index in [0.29, 0.717) is 0 Å². The molecule has 0 aromatic carbocycles. The van der Waals surface area contributed by atoms with Gasteiger partial charge in [0, 0.05) is 26.7 Å². The summed E-state index contributed by atoms with van der Waals surface area (Å²) < 4.78 is 5.31. The van der Waals surface area contributed by atoms with E-state index in [1.165, 1.54) is 0 Å². The Bertz CT molecular complexity index is 304. The highest BCUT2D eigenvalue weighted by atomic mass is 16.5. The molecule has 0 aliphatic carbocycles. The molecule has 0 saturated heterocycles.